The van der Waals surface area contributed by atoms with Crippen molar-refractivity contribution >= 4 is 11.9 Å². The first-order chi connectivity index (χ1) is 16.5. The molecule has 35 heavy (non-hydrogen) atoms. The number of ether oxygens (including phenoxy) is 2. The normalized spacial score (nSPS) is 42.1. The van der Waals surface area contributed by atoms with Crippen LogP contribution in [-0.4, -0.2) is 35.9 Å². The number of fused-ring (bicyclic) bond motifs is 3. The summed E-state index contributed by atoms with van der Waals surface area (Å²) in [6.45, 7) is 10.3. The third-order valence-corrected chi connectivity index (χ3v) is 10.4. The number of esters is 2. The van der Waals surface area contributed by atoms with Crippen LogP contribution in [0, 0.1) is 39.8 Å². The molecule has 4 saturated carbocycles. The first-order valence-corrected chi connectivity index (χ1v) is 13.0. The molecule has 1 unspecified atom stereocenters. The monoisotopic (exact) mass is 484 g/mol. The number of halogens is 1. The van der Waals surface area contributed by atoms with E-state index < -0.39 is 29.4 Å². The van der Waals surface area contributed by atoms with Crippen molar-refractivity contribution in [3.8, 4) is 0 Å². The number of rotatable bonds is 4. The number of hydrogen-bond acceptors (Lipinski definition) is 5. The Morgan fingerprint density at radius 1 is 1.14 bits per heavy atom. The van der Waals surface area contributed by atoms with Crippen molar-refractivity contribution < 1.29 is 28.6 Å². The van der Waals surface area contributed by atoms with Gasteiger partial charge in [-0.1, -0.05) is 26.0 Å². The highest BCUT2D eigenvalue weighted by atomic mass is 19.1. The van der Waals surface area contributed by atoms with Crippen molar-refractivity contribution in [3.63, 3.8) is 0 Å². The Bertz CT molecular complexity index is 1040. The topological polar surface area (TPSA) is 72.8 Å². The third-order valence-electron chi connectivity index (χ3n) is 10.4. The van der Waals surface area contributed by atoms with Gasteiger partial charge in [-0.3, -0.25) is 4.79 Å². The summed E-state index contributed by atoms with van der Waals surface area (Å²) in [6.07, 6.45) is 5.29. The van der Waals surface area contributed by atoms with E-state index in [0.29, 0.717) is 30.2 Å². The molecule has 5 nitrogen and oxygen atoms in total. The number of carbonyl (C=O) groups excluding carboxylic acids is 2. The summed E-state index contributed by atoms with van der Waals surface area (Å²) in [5.41, 5.74) is 0.745. The maximum atomic E-state index is 13.4. The molecule has 4 aliphatic carbocycles. The quantitative estimate of drug-likeness (QED) is 0.454. The lowest BCUT2D eigenvalue weighted by atomic mass is 9.40. The minimum Gasteiger partial charge on any atom is -0.465 e. The molecule has 0 radical (unpaired) electrons. The maximum Gasteiger partial charge on any atom is 0.338 e. The van der Waals surface area contributed by atoms with E-state index in [1.807, 2.05) is 6.92 Å². The van der Waals surface area contributed by atoms with Crippen molar-refractivity contribution in [3.05, 3.63) is 47.8 Å². The van der Waals surface area contributed by atoms with Gasteiger partial charge in [0.25, 0.3) is 0 Å². The summed E-state index contributed by atoms with van der Waals surface area (Å²) in [5.74, 6) is -0.406. The molecule has 1 spiro atoms. The fourth-order valence-electron chi connectivity index (χ4n) is 8.71. The molecule has 0 heterocycles. The van der Waals surface area contributed by atoms with Crippen LogP contribution in [0.25, 0.3) is 0 Å². The summed E-state index contributed by atoms with van der Waals surface area (Å²) >= 11 is 0. The molecule has 0 aliphatic heterocycles. The van der Waals surface area contributed by atoms with Crippen molar-refractivity contribution in [2.24, 2.45) is 34.0 Å². The molecule has 0 aromatic heterocycles. The first kappa shape index (κ1) is 24.5. The van der Waals surface area contributed by atoms with Crippen LogP contribution in [0.3, 0.4) is 0 Å². The summed E-state index contributed by atoms with van der Waals surface area (Å²) in [5, 5.41) is 11.6. The number of aliphatic hydroxyl groups excluding tert-OH is 1. The molecule has 2 bridgehead atoms. The zero-order chi connectivity index (χ0) is 25.2. The molecule has 1 N–H and O–H groups in total. The van der Waals surface area contributed by atoms with Gasteiger partial charge < -0.3 is 14.6 Å². The standard InChI is InChI=1S/C29H37FO5/c1-17-14-29-15-20(17)7-10-22(29)27(3)12-11-25(35-26(33)19-5-8-21(30)9-6-19)28(4,16-34-18(2)31)23(27)13-24(29)32/h5-6,8-9,20,22-25,32H,1,7,10-16H2,2-4H3/t20-,22-,23?,24-,25+,27-,28+,29-/m0/s1. The fraction of sp³-hybridized carbons (Fsp3) is 0.655. The second kappa shape index (κ2) is 8.43. The van der Waals surface area contributed by atoms with E-state index in [9.17, 15) is 19.1 Å². The van der Waals surface area contributed by atoms with Crippen LogP contribution >= 0.6 is 0 Å². The van der Waals surface area contributed by atoms with Gasteiger partial charge in [0, 0.05) is 17.8 Å². The van der Waals surface area contributed by atoms with Crippen LogP contribution in [0.2, 0.25) is 0 Å². The summed E-state index contributed by atoms with van der Waals surface area (Å²) < 4.78 is 25.0. The summed E-state index contributed by atoms with van der Waals surface area (Å²) in [7, 11) is 0. The van der Waals surface area contributed by atoms with Crippen molar-refractivity contribution in [2.45, 2.75) is 77.9 Å². The zero-order valence-electron chi connectivity index (χ0n) is 21.0. The highest BCUT2D eigenvalue weighted by molar-refractivity contribution is 5.89. The number of allylic oxidation sites excluding steroid dienone is 1. The molecule has 8 atom stereocenters. The van der Waals surface area contributed by atoms with Crippen LogP contribution in [0.1, 0.15) is 76.1 Å². The van der Waals surface area contributed by atoms with Crippen LogP contribution in [0.15, 0.2) is 36.4 Å². The van der Waals surface area contributed by atoms with Gasteiger partial charge in [0.2, 0.25) is 0 Å². The smallest absolute Gasteiger partial charge is 0.338 e. The van der Waals surface area contributed by atoms with Crippen LogP contribution < -0.4 is 0 Å². The van der Waals surface area contributed by atoms with Crippen LogP contribution in [0.5, 0.6) is 0 Å². The highest BCUT2D eigenvalue weighted by Gasteiger charge is 2.68. The Kier molecular flexibility index (Phi) is 5.90. The van der Waals surface area contributed by atoms with Gasteiger partial charge in [-0.25, -0.2) is 9.18 Å². The SMILES string of the molecule is C=C1C[C@]23C[C@@H]1CC[C@H]2[C@]1(C)CC[C@@H](OC(=O)c2ccc(F)cc2)[C@](C)(COC(C)=O)C1C[C@@H]3O. The molecule has 0 amide bonds. The second-order valence-corrected chi connectivity index (χ2v) is 12.1. The van der Waals surface area contributed by atoms with Gasteiger partial charge in [0.05, 0.1) is 11.7 Å². The Morgan fingerprint density at radius 3 is 2.54 bits per heavy atom. The van der Waals surface area contributed by atoms with Crippen molar-refractivity contribution in [1.82, 2.24) is 0 Å². The van der Waals surface area contributed by atoms with Gasteiger partial charge in [0.1, 0.15) is 18.5 Å². The summed E-state index contributed by atoms with van der Waals surface area (Å²) in [4.78, 5) is 24.9. The molecule has 6 heteroatoms. The predicted molar refractivity (Wildman–Crippen MR) is 129 cm³/mol. The zero-order valence-corrected chi connectivity index (χ0v) is 21.0. The van der Waals surface area contributed by atoms with E-state index in [0.717, 1.165) is 32.1 Å². The van der Waals surface area contributed by atoms with E-state index in [-0.39, 0.29) is 29.3 Å². The number of benzene rings is 1. The average molecular weight is 485 g/mol. The van der Waals surface area contributed by atoms with Gasteiger partial charge >= 0.3 is 11.9 Å². The lowest BCUT2D eigenvalue weighted by Crippen LogP contribution is -2.65. The Hall–Kier alpha value is -2.21. The van der Waals surface area contributed by atoms with E-state index in [4.69, 9.17) is 9.47 Å². The lowest BCUT2D eigenvalue weighted by Gasteiger charge is -2.66. The van der Waals surface area contributed by atoms with Crippen LogP contribution in [-0.2, 0) is 14.3 Å². The minimum absolute atomic E-state index is 0.0187. The van der Waals surface area contributed by atoms with E-state index in [2.05, 4.69) is 13.5 Å². The Morgan fingerprint density at radius 2 is 1.86 bits per heavy atom. The average Bonchev–Trinajstić information content (AvgIpc) is 3.06. The molecule has 0 saturated heterocycles. The molecular formula is C29H37FO5. The summed E-state index contributed by atoms with van der Waals surface area (Å²) in [6, 6.07) is 5.34. The van der Waals surface area contributed by atoms with Gasteiger partial charge in [-0.05, 0) is 92.4 Å². The van der Waals surface area contributed by atoms with E-state index in [1.165, 1.54) is 36.8 Å². The third kappa shape index (κ3) is 3.75. The van der Waals surface area contributed by atoms with Gasteiger partial charge in [0.15, 0.2) is 0 Å². The molecule has 1 aromatic carbocycles. The second-order valence-electron chi connectivity index (χ2n) is 12.1. The molecular weight excluding hydrogens is 447 g/mol. The minimum atomic E-state index is -0.649. The number of aliphatic hydroxyl groups is 1. The van der Waals surface area contributed by atoms with Crippen molar-refractivity contribution in [2.75, 3.05) is 6.61 Å². The predicted octanol–water partition coefficient (Wildman–Crippen LogP) is 5.46. The maximum absolute atomic E-state index is 13.4. The van der Waals surface area contributed by atoms with E-state index >= 15 is 0 Å². The number of carbonyl (C=O) groups is 2. The van der Waals surface area contributed by atoms with E-state index in [1.54, 1.807) is 0 Å². The molecule has 1 aromatic rings. The lowest BCUT2D eigenvalue weighted by molar-refractivity contribution is -0.232. The Balaban J connectivity index is 1.48. The fourth-order valence-corrected chi connectivity index (χ4v) is 8.71. The highest BCUT2D eigenvalue weighted by Crippen LogP contribution is 2.72. The molecule has 5 rings (SSSR count). The molecule has 4 fully saturated rings. The largest absolute Gasteiger partial charge is 0.465 e. The molecule has 4 aliphatic rings. The first-order valence-electron chi connectivity index (χ1n) is 13.0. The number of hydrogen-bond donors (Lipinski definition) is 1. The van der Waals surface area contributed by atoms with Gasteiger partial charge in [-0.15, -0.1) is 0 Å². The molecule has 190 valence electrons. The van der Waals surface area contributed by atoms with Crippen molar-refractivity contribution in [1.29, 1.82) is 0 Å². The van der Waals surface area contributed by atoms with Crippen LogP contribution in [0.4, 0.5) is 4.39 Å². The van der Waals surface area contributed by atoms with Gasteiger partial charge in [-0.2, -0.15) is 0 Å². The Labute approximate surface area is 207 Å².